The van der Waals surface area contributed by atoms with E-state index in [9.17, 15) is 4.79 Å². The van der Waals surface area contributed by atoms with Crippen LogP contribution in [0.15, 0.2) is 77.4 Å². The summed E-state index contributed by atoms with van der Waals surface area (Å²) in [5, 5.41) is 2.72. The number of nitrogens with one attached hydrogen (secondary N) is 1. The Balaban J connectivity index is 1.50. The molecule has 0 spiro atoms. The summed E-state index contributed by atoms with van der Waals surface area (Å²) in [5.74, 6) is 2.43. The molecular weight excluding hydrogens is 306 g/mol. The Kier molecular flexibility index (Phi) is 5.14. The molecule has 0 saturated carbocycles. The standard InChI is InChI=1S/C19H17NO4/c21-19(20-13-18-10-5-11-22-18)14-23-16-8-4-9-17(12-16)24-15-6-2-1-3-7-15/h1-12H,13-14H2,(H,20,21). The number of benzene rings is 2. The highest BCUT2D eigenvalue weighted by Crippen LogP contribution is 2.24. The lowest BCUT2D eigenvalue weighted by Gasteiger charge is -2.09. The lowest BCUT2D eigenvalue weighted by molar-refractivity contribution is -0.123. The monoisotopic (exact) mass is 323 g/mol. The summed E-state index contributed by atoms with van der Waals surface area (Å²) in [5.41, 5.74) is 0. The molecule has 0 aliphatic carbocycles. The number of carbonyl (C=O) groups excluding carboxylic acids is 1. The molecular formula is C19H17NO4. The van der Waals surface area contributed by atoms with Crippen molar-refractivity contribution in [3.05, 3.63) is 78.8 Å². The minimum absolute atomic E-state index is 0.0739. The first-order valence-corrected chi connectivity index (χ1v) is 7.54. The Morgan fingerprint density at radius 3 is 2.50 bits per heavy atom. The number of rotatable bonds is 7. The minimum Gasteiger partial charge on any atom is -0.484 e. The second-order valence-electron chi connectivity index (χ2n) is 5.03. The normalized spacial score (nSPS) is 10.2. The topological polar surface area (TPSA) is 60.7 Å². The van der Waals surface area contributed by atoms with E-state index in [0.717, 1.165) is 5.75 Å². The summed E-state index contributed by atoms with van der Waals surface area (Å²) in [4.78, 5) is 11.8. The van der Waals surface area contributed by atoms with Crippen LogP contribution in [0.5, 0.6) is 17.2 Å². The van der Waals surface area contributed by atoms with Gasteiger partial charge in [-0.05, 0) is 36.4 Å². The van der Waals surface area contributed by atoms with Gasteiger partial charge in [-0.3, -0.25) is 4.79 Å². The number of hydrogen-bond donors (Lipinski definition) is 1. The first kappa shape index (κ1) is 15.7. The number of carbonyl (C=O) groups is 1. The van der Waals surface area contributed by atoms with Gasteiger partial charge in [0.1, 0.15) is 23.0 Å². The lowest BCUT2D eigenvalue weighted by atomic mass is 10.3. The van der Waals surface area contributed by atoms with Crippen LogP contribution in [0.2, 0.25) is 0 Å². The fourth-order valence-corrected chi connectivity index (χ4v) is 2.05. The molecule has 1 aromatic heterocycles. The quantitative estimate of drug-likeness (QED) is 0.719. The predicted octanol–water partition coefficient (Wildman–Crippen LogP) is 3.77. The third-order valence-corrected chi connectivity index (χ3v) is 3.19. The molecule has 24 heavy (non-hydrogen) atoms. The Morgan fingerprint density at radius 2 is 1.71 bits per heavy atom. The van der Waals surface area contributed by atoms with Crippen molar-refractivity contribution < 1.29 is 18.7 Å². The van der Waals surface area contributed by atoms with Gasteiger partial charge in [-0.15, -0.1) is 0 Å². The van der Waals surface area contributed by atoms with Crippen LogP contribution < -0.4 is 14.8 Å². The molecule has 3 aromatic rings. The van der Waals surface area contributed by atoms with Crippen molar-refractivity contribution >= 4 is 5.91 Å². The summed E-state index contributed by atoms with van der Waals surface area (Å²) in [6, 6.07) is 20.2. The van der Waals surface area contributed by atoms with Gasteiger partial charge < -0.3 is 19.2 Å². The van der Waals surface area contributed by atoms with Crippen LogP contribution in [0.4, 0.5) is 0 Å². The first-order valence-electron chi connectivity index (χ1n) is 7.54. The van der Waals surface area contributed by atoms with Gasteiger partial charge in [0.2, 0.25) is 0 Å². The van der Waals surface area contributed by atoms with E-state index in [4.69, 9.17) is 13.9 Å². The molecule has 1 heterocycles. The van der Waals surface area contributed by atoms with Crippen molar-refractivity contribution in [2.75, 3.05) is 6.61 Å². The van der Waals surface area contributed by atoms with Crippen molar-refractivity contribution in [2.45, 2.75) is 6.54 Å². The molecule has 0 saturated heterocycles. The molecule has 5 nitrogen and oxygen atoms in total. The SMILES string of the molecule is O=C(COc1cccc(Oc2ccccc2)c1)NCc1ccco1. The van der Waals surface area contributed by atoms with Gasteiger partial charge in [0.25, 0.3) is 5.91 Å². The van der Waals surface area contributed by atoms with Crippen molar-refractivity contribution in [2.24, 2.45) is 0 Å². The fourth-order valence-electron chi connectivity index (χ4n) is 2.05. The predicted molar refractivity (Wildman–Crippen MR) is 89.0 cm³/mol. The number of para-hydroxylation sites is 1. The van der Waals surface area contributed by atoms with E-state index in [-0.39, 0.29) is 12.5 Å². The van der Waals surface area contributed by atoms with E-state index >= 15 is 0 Å². The summed E-state index contributed by atoms with van der Waals surface area (Å²) < 4.78 is 16.4. The van der Waals surface area contributed by atoms with Gasteiger partial charge >= 0.3 is 0 Å². The third-order valence-electron chi connectivity index (χ3n) is 3.19. The van der Waals surface area contributed by atoms with Crippen molar-refractivity contribution in [3.8, 4) is 17.2 Å². The van der Waals surface area contributed by atoms with E-state index in [0.29, 0.717) is 23.8 Å². The third kappa shape index (κ3) is 4.64. The van der Waals surface area contributed by atoms with E-state index in [1.54, 1.807) is 30.5 Å². The summed E-state index contributed by atoms with van der Waals surface area (Å²) in [7, 11) is 0. The van der Waals surface area contributed by atoms with Crippen LogP contribution in [-0.4, -0.2) is 12.5 Å². The zero-order chi connectivity index (χ0) is 16.6. The molecule has 0 aliphatic heterocycles. The van der Waals surface area contributed by atoms with E-state index in [2.05, 4.69) is 5.32 Å². The van der Waals surface area contributed by atoms with Gasteiger partial charge in [0, 0.05) is 6.07 Å². The van der Waals surface area contributed by atoms with E-state index in [1.807, 2.05) is 42.5 Å². The molecule has 1 amide bonds. The van der Waals surface area contributed by atoms with Crippen molar-refractivity contribution in [1.82, 2.24) is 5.32 Å². The molecule has 2 aromatic carbocycles. The number of furan rings is 1. The van der Waals surface area contributed by atoms with Crippen LogP contribution in [0.1, 0.15) is 5.76 Å². The molecule has 0 fully saturated rings. The highest BCUT2D eigenvalue weighted by Gasteiger charge is 2.05. The zero-order valence-electron chi connectivity index (χ0n) is 13.0. The van der Waals surface area contributed by atoms with Gasteiger partial charge in [-0.2, -0.15) is 0 Å². The summed E-state index contributed by atoms with van der Waals surface area (Å²) in [6.07, 6.45) is 1.57. The first-order chi connectivity index (χ1) is 11.8. The largest absolute Gasteiger partial charge is 0.484 e. The molecule has 0 unspecified atom stereocenters. The smallest absolute Gasteiger partial charge is 0.258 e. The molecule has 0 bridgehead atoms. The number of ether oxygens (including phenoxy) is 2. The van der Waals surface area contributed by atoms with Crippen LogP contribution in [0, 0.1) is 0 Å². The maximum atomic E-state index is 11.8. The minimum atomic E-state index is -0.221. The van der Waals surface area contributed by atoms with Crippen LogP contribution in [-0.2, 0) is 11.3 Å². The maximum absolute atomic E-state index is 11.8. The lowest BCUT2D eigenvalue weighted by Crippen LogP contribution is -2.28. The van der Waals surface area contributed by atoms with Gasteiger partial charge in [-0.25, -0.2) is 0 Å². The summed E-state index contributed by atoms with van der Waals surface area (Å²) in [6.45, 7) is 0.266. The second-order valence-corrected chi connectivity index (χ2v) is 5.03. The molecule has 5 heteroatoms. The highest BCUT2D eigenvalue weighted by atomic mass is 16.5. The van der Waals surface area contributed by atoms with Gasteiger partial charge in [-0.1, -0.05) is 24.3 Å². The zero-order valence-corrected chi connectivity index (χ0v) is 13.0. The van der Waals surface area contributed by atoms with Crippen LogP contribution in [0.25, 0.3) is 0 Å². The average molecular weight is 323 g/mol. The van der Waals surface area contributed by atoms with Crippen molar-refractivity contribution in [3.63, 3.8) is 0 Å². The number of hydrogen-bond acceptors (Lipinski definition) is 4. The molecule has 3 rings (SSSR count). The Hall–Kier alpha value is -3.21. The fraction of sp³-hybridized carbons (Fsp3) is 0.105. The maximum Gasteiger partial charge on any atom is 0.258 e. The van der Waals surface area contributed by atoms with Gasteiger partial charge in [0.05, 0.1) is 12.8 Å². The van der Waals surface area contributed by atoms with Gasteiger partial charge in [0.15, 0.2) is 6.61 Å². The molecule has 122 valence electrons. The van der Waals surface area contributed by atoms with Crippen LogP contribution in [0.3, 0.4) is 0 Å². The molecule has 0 radical (unpaired) electrons. The Bertz CT molecular complexity index is 769. The van der Waals surface area contributed by atoms with E-state index in [1.165, 1.54) is 0 Å². The van der Waals surface area contributed by atoms with E-state index < -0.39 is 0 Å². The average Bonchev–Trinajstić information content (AvgIpc) is 3.13. The molecule has 1 N–H and O–H groups in total. The Morgan fingerprint density at radius 1 is 0.917 bits per heavy atom. The van der Waals surface area contributed by atoms with Crippen molar-refractivity contribution in [1.29, 1.82) is 0 Å². The number of amides is 1. The Labute approximate surface area is 139 Å². The molecule has 0 atom stereocenters. The highest BCUT2D eigenvalue weighted by molar-refractivity contribution is 5.77. The molecule has 0 aliphatic rings. The van der Waals surface area contributed by atoms with Crippen LogP contribution >= 0.6 is 0 Å². The summed E-state index contributed by atoms with van der Waals surface area (Å²) >= 11 is 0. The second kappa shape index (κ2) is 7.87.